The van der Waals surface area contributed by atoms with E-state index in [0.717, 1.165) is 34.3 Å². The van der Waals surface area contributed by atoms with E-state index in [1.54, 1.807) is 0 Å². The summed E-state index contributed by atoms with van der Waals surface area (Å²) < 4.78 is 9.68. The van der Waals surface area contributed by atoms with E-state index in [2.05, 4.69) is 39.1 Å². The number of nitrogens with zero attached hydrogens (tertiary/aromatic N) is 2. The van der Waals surface area contributed by atoms with Gasteiger partial charge in [-0.2, -0.15) is 0 Å². The molecule has 1 aromatic heterocycles. The van der Waals surface area contributed by atoms with Gasteiger partial charge in [0.25, 0.3) is 0 Å². The zero-order valence-electron chi connectivity index (χ0n) is 22.2. The molecule has 1 heterocycles. The number of fused-ring (bicyclic) bond motifs is 6. The number of anilines is 1. The van der Waals surface area contributed by atoms with Crippen molar-refractivity contribution < 1.29 is 23.9 Å². The van der Waals surface area contributed by atoms with Gasteiger partial charge >= 0.3 is 11.9 Å². The van der Waals surface area contributed by atoms with Crippen LogP contribution in [-0.4, -0.2) is 42.0 Å². The second kappa shape index (κ2) is 8.10. The summed E-state index contributed by atoms with van der Waals surface area (Å²) in [6.07, 6.45) is 1.40. The van der Waals surface area contributed by atoms with Crippen LogP contribution in [-0.2, 0) is 25.1 Å². The van der Waals surface area contributed by atoms with Crippen LogP contribution in [0.15, 0.2) is 30.3 Å². The summed E-state index contributed by atoms with van der Waals surface area (Å²) in [6, 6.07) is 8.46. The van der Waals surface area contributed by atoms with E-state index in [9.17, 15) is 14.4 Å². The van der Waals surface area contributed by atoms with E-state index in [4.69, 9.17) is 19.4 Å². The molecule has 0 spiro atoms. The Bertz CT molecular complexity index is 1480. The first kappa shape index (κ1) is 24.9. The zero-order valence-corrected chi connectivity index (χ0v) is 22.2. The lowest BCUT2D eigenvalue weighted by atomic mass is 9.63. The first-order chi connectivity index (χ1) is 17.4. The second-order valence-electron chi connectivity index (χ2n) is 10.9. The average molecular weight is 502 g/mol. The number of esters is 2. The van der Waals surface area contributed by atoms with E-state index in [1.807, 2.05) is 13.0 Å². The SMILES string of the molecule is COC(=O)c1cc(NC(=O)C23CCC(C)(c4nc5cc(C)c(C)cc5nc42)C3(C)C)cc(C(=O)OC)c1. The summed E-state index contributed by atoms with van der Waals surface area (Å²) >= 11 is 0. The third-order valence-corrected chi connectivity index (χ3v) is 9.07. The highest BCUT2D eigenvalue weighted by molar-refractivity contribution is 6.04. The molecule has 2 unspecified atom stereocenters. The molecule has 192 valence electrons. The standard InChI is InChI=1S/C29H31N3O5/c1-15-10-20-21(11-16(15)2)32-23-22(31-20)28(5)8-9-29(23,27(28,3)4)26(35)30-19-13-17(24(33)36-6)12-18(14-19)25(34)37-7/h10-14H,8-9H2,1-7H3,(H,30,35). The van der Waals surface area contributed by atoms with Crippen LogP contribution in [0, 0.1) is 19.3 Å². The number of aromatic nitrogens is 2. The maximum Gasteiger partial charge on any atom is 0.337 e. The van der Waals surface area contributed by atoms with Crippen LogP contribution in [0.5, 0.6) is 0 Å². The smallest absolute Gasteiger partial charge is 0.337 e. The van der Waals surface area contributed by atoms with Gasteiger partial charge in [0.2, 0.25) is 5.91 Å². The minimum atomic E-state index is -0.941. The monoisotopic (exact) mass is 501 g/mol. The minimum Gasteiger partial charge on any atom is -0.465 e. The van der Waals surface area contributed by atoms with Crippen LogP contribution >= 0.6 is 0 Å². The van der Waals surface area contributed by atoms with Crippen molar-refractivity contribution in [1.82, 2.24) is 9.97 Å². The van der Waals surface area contributed by atoms with Gasteiger partial charge < -0.3 is 14.8 Å². The molecule has 3 aromatic rings. The molecule has 2 atom stereocenters. The van der Waals surface area contributed by atoms with Crippen molar-refractivity contribution in [2.45, 2.75) is 58.3 Å². The molecule has 5 rings (SSSR count). The van der Waals surface area contributed by atoms with Gasteiger partial charge in [-0.15, -0.1) is 0 Å². The number of carbonyl (C=O) groups is 3. The van der Waals surface area contributed by atoms with Crippen LogP contribution in [0.1, 0.15) is 76.8 Å². The Balaban J connectivity index is 1.65. The maximum absolute atomic E-state index is 14.3. The van der Waals surface area contributed by atoms with Crippen molar-refractivity contribution in [2.24, 2.45) is 5.41 Å². The minimum absolute atomic E-state index is 0.136. The number of ether oxygens (including phenoxy) is 2. The molecule has 8 heteroatoms. The van der Waals surface area contributed by atoms with E-state index in [1.165, 1.54) is 32.4 Å². The Morgan fingerprint density at radius 3 is 1.81 bits per heavy atom. The molecule has 2 aliphatic carbocycles. The first-order valence-corrected chi connectivity index (χ1v) is 12.3. The zero-order chi connectivity index (χ0) is 26.9. The number of hydrogen-bond acceptors (Lipinski definition) is 7. The lowest BCUT2D eigenvalue weighted by Gasteiger charge is -2.39. The molecule has 8 nitrogen and oxygen atoms in total. The van der Waals surface area contributed by atoms with Gasteiger partial charge in [-0.3, -0.25) is 4.79 Å². The van der Waals surface area contributed by atoms with Crippen LogP contribution < -0.4 is 5.32 Å². The number of carbonyl (C=O) groups excluding carboxylic acids is 3. The van der Waals surface area contributed by atoms with Crippen molar-refractivity contribution in [3.05, 3.63) is 64.0 Å². The molecule has 0 radical (unpaired) electrons. The number of methoxy groups -OCH3 is 2. The normalized spacial score (nSPS) is 23.0. The molecule has 37 heavy (non-hydrogen) atoms. The summed E-state index contributed by atoms with van der Waals surface area (Å²) in [5.41, 5.74) is 4.24. The Hall–Kier alpha value is -3.81. The molecular weight excluding hydrogens is 470 g/mol. The van der Waals surface area contributed by atoms with E-state index in [0.29, 0.717) is 17.8 Å². The van der Waals surface area contributed by atoms with Crippen LogP contribution in [0.25, 0.3) is 11.0 Å². The highest BCUT2D eigenvalue weighted by Crippen LogP contribution is 2.70. The molecule has 1 saturated carbocycles. The van der Waals surface area contributed by atoms with Gasteiger partial charge in [-0.25, -0.2) is 19.6 Å². The number of hydrogen-bond donors (Lipinski definition) is 1. The van der Waals surface area contributed by atoms with E-state index < -0.39 is 22.8 Å². The van der Waals surface area contributed by atoms with E-state index in [-0.39, 0.29) is 22.4 Å². The molecule has 2 bridgehead atoms. The molecule has 1 fully saturated rings. The number of nitrogens with one attached hydrogen (secondary N) is 1. The predicted octanol–water partition coefficient (Wildman–Crippen LogP) is 4.79. The lowest BCUT2D eigenvalue weighted by molar-refractivity contribution is -0.125. The quantitative estimate of drug-likeness (QED) is 0.512. The summed E-state index contributed by atoms with van der Waals surface area (Å²) in [4.78, 5) is 49.0. The third-order valence-electron chi connectivity index (χ3n) is 9.07. The molecule has 1 N–H and O–H groups in total. The Labute approximate surface area is 215 Å². The van der Waals surface area contributed by atoms with Crippen molar-refractivity contribution in [3.63, 3.8) is 0 Å². The number of aryl methyl sites for hydroxylation is 2. The van der Waals surface area contributed by atoms with Crippen molar-refractivity contribution in [3.8, 4) is 0 Å². The van der Waals surface area contributed by atoms with Crippen molar-refractivity contribution >= 4 is 34.6 Å². The Morgan fingerprint density at radius 1 is 0.784 bits per heavy atom. The lowest BCUT2D eigenvalue weighted by Crippen LogP contribution is -2.48. The van der Waals surface area contributed by atoms with Gasteiger partial charge in [-0.05, 0) is 73.6 Å². The van der Waals surface area contributed by atoms with Gasteiger partial charge in [0, 0.05) is 11.1 Å². The summed E-state index contributed by atoms with van der Waals surface area (Å²) in [5, 5.41) is 3.00. The molecule has 1 amide bonds. The van der Waals surface area contributed by atoms with Crippen LogP contribution in [0.4, 0.5) is 5.69 Å². The fraction of sp³-hybridized carbons (Fsp3) is 0.414. The maximum atomic E-state index is 14.3. The van der Waals surface area contributed by atoms with Crippen molar-refractivity contribution in [2.75, 3.05) is 19.5 Å². The topological polar surface area (TPSA) is 107 Å². The molecule has 0 saturated heterocycles. The van der Waals surface area contributed by atoms with Gasteiger partial charge in [-0.1, -0.05) is 20.8 Å². The summed E-state index contributed by atoms with van der Waals surface area (Å²) in [7, 11) is 2.52. The summed E-state index contributed by atoms with van der Waals surface area (Å²) in [5.74, 6) is -1.49. The van der Waals surface area contributed by atoms with Gasteiger partial charge in [0.05, 0.1) is 53.2 Å². The average Bonchev–Trinajstić information content (AvgIpc) is 3.16. The number of benzene rings is 2. The first-order valence-electron chi connectivity index (χ1n) is 12.3. The molecule has 2 aliphatic rings. The molecule has 2 aromatic carbocycles. The summed E-state index contributed by atoms with van der Waals surface area (Å²) in [6.45, 7) is 10.5. The number of rotatable bonds is 4. The van der Waals surface area contributed by atoms with Crippen molar-refractivity contribution in [1.29, 1.82) is 0 Å². The predicted molar refractivity (Wildman–Crippen MR) is 139 cm³/mol. The van der Waals surface area contributed by atoms with Crippen LogP contribution in [0.2, 0.25) is 0 Å². The fourth-order valence-corrected chi connectivity index (χ4v) is 6.27. The third kappa shape index (κ3) is 3.24. The molecule has 0 aliphatic heterocycles. The Kier molecular flexibility index (Phi) is 5.44. The molecular formula is C29H31N3O5. The highest BCUT2D eigenvalue weighted by Gasteiger charge is 2.73. The highest BCUT2D eigenvalue weighted by atomic mass is 16.5. The largest absolute Gasteiger partial charge is 0.465 e. The van der Waals surface area contributed by atoms with Crippen LogP contribution in [0.3, 0.4) is 0 Å². The van der Waals surface area contributed by atoms with E-state index >= 15 is 0 Å². The van der Waals surface area contributed by atoms with Gasteiger partial charge in [0.1, 0.15) is 0 Å². The fourth-order valence-electron chi connectivity index (χ4n) is 6.27. The second-order valence-corrected chi connectivity index (χ2v) is 10.9. The Morgan fingerprint density at radius 2 is 1.30 bits per heavy atom. The van der Waals surface area contributed by atoms with Gasteiger partial charge in [0.15, 0.2) is 0 Å². The number of amides is 1.